The fourth-order valence-corrected chi connectivity index (χ4v) is 2.23. The van der Waals surface area contributed by atoms with Crippen molar-refractivity contribution in [3.05, 3.63) is 36.0 Å². The molecular formula is C15H21N3O. The predicted octanol–water partition coefficient (Wildman–Crippen LogP) is 2.60. The Kier molecular flexibility index (Phi) is 4.22. The number of hydrogen-bond donors (Lipinski definition) is 2. The van der Waals surface area contributed by atoms with E-state index in [-0.39, 0.29) is 5.91 Å². The Morgan fingerprint density at radius 2 is 1.95 bits per heavy atom. The highest BCUT2D eigenvalue weighted by Gasteiger charge is 2.13. The van der Waals surface area contributed by atoms with E-state index in [1.807, 2.05) is 41.9 Å². The molecular weight excluding hydrogens is 238 g/mol. The third kappa shape index (κ3) is 2.79. The van der Waals surface area contributed by atoms with E-state index in [1.165, 1.54) is 0 Å². The van der Waals surface area contributed by atoms with Crippen LogP contribution >= 0.6 is 0 Å². The summed E-state index contributed by atoms with van der Waals surface area (Å²) in [6, 6.07) is 10.2. The summed E-state index contributed by atoms with van der Waals surface area (Å²) in [5.41, 5.74) is 7.60. The van der Waals surface area contributed by atoms with Crippen LogP contribution in [0.3, 0.4) is 0 Å². The van der Waals surface area contributed by atoms with Crippen molar-refractivity contribution in [3.8, 4) is 0 Å². The molecule has 0 spiro atoms. The van der Waals surface area contributed by atoms with Crippen molar-refractivity contribution >= 4 is 16.8 Å². The quantitative estimate of drug-likeness (QED) is 0.811. The van der Waals surface area contributed by atoms with Gasteiger partial charge in [-0.2, -0.15) is 0 Å². The van der Waals surface area contributed by atoms with Gasteiger partial charge in [0.25, 0.3) is 5.91 Å². The first-order valence-electron chi connectivity index (χ1n) is 6.77. The Labute approximate surface area is 113 Å². The van der Waals surface area contributed by atoms with E-state index in [9.17, 15) is 4.79 Å². The molecule has 1 amide bonds. The van der Waals surface area contributed by atoms with Gasteiger partial charge in [-0.15, -0.1) is 0 Å². The number of benzene rings is 1. The van der Waals surface area contributed by atoms with Crippen LogP contribution in [0.4, 0.5) is 0 Å². The third-order valence-electron chi connectivity index (χ3n) is 3.56. The molecule has 4 heteroatoms. The maximum Gasteiger partial charge on any atom is 0.282 e. The van der Waals surface area contributed by atoms with Crippen LogP contribution in [-0.4, -0.2) is 16.5 Å². The van der Waals surface area contributed by atoms with Gasteiger partial charge >= 0.3 is 0 Å². The summed E-state index contributed by atoms with van der Waals surface area (Å²) in [7, 11) is 1.91. The summed E-state index contributed by atoms with van der Waals surface area (Å²) in [6.45, 7) is 4.20. The summed E-state index contributed by atoms with van der Waals surface area (Å²) < 4.78 is 1.92. The molecule has 0 bridgehead atoms. The Morgan fingerprint density at radius 3 is 2.58 bits per heavy atom. The van der Waals surface area contributed by atoms with Gasteiger partial charge in [0, 0.05) is 24.0 Å². The van der Waals surface area contributed by atoms with Gasteiger partial charge in [-0.25, -0.2) is 5.43 Å². The zero-order valence-electron chi connectivity index (χ0n) is 11.7. The van der Waals surface area contributed by atoms with Crippen LogP contribution in [0.2, 0.25) is 0 Å². The van der Waals surface area contributed by atoms with Gasteiger partial charge in [-0.05, 0) is 25.0 Å². The number of amides is 1. The number of carbonyl (C=O) groups excluding carboxylic acids is 1. The second-order valence-corrected chi connectivity index (χ2v) is 4.76. The number of nitrogens with zero attached hydrogens (tertiary/aromatic N) is 1. The van der Waals surface area contributed by atoms with E-state index in [2.05, 4.69) is 24.7 Å². The minimum atomic E-state index is -0.0920. The first-order chi connectivity index (χ1) is 9.17. The van der Waals surface area contributed by atoms with E-state index in [4.69, 9.17) is 0 Å². The Balaban J connectivity index is 2.15. The smallest absolute Gasteiger partial charge is 0.282 e. The lowest BCUT2D eigenvalue weighted by Gasteiger charge is -2.15. The highest BCUT2D eigenvalue weighted by atomic mass is 16.2. The van der Waals surface area contributed by atoms with Crippen LogP contribution in [0, 0.1) is 0 Å². The Bertz CT molecular complexity index is 570. The molecule has 102 valence electrons. The number of carbonyl (C=O) groups is 1. The van der Waals surface area contributed by atoms with Crippen LogP contribution in [0.15, 0.2) is 30.3 Å². The highest BCUT2D eigenvalue weighted by Crippen LogP contribution is 2.17. The van der Waals surface area contributed by atoms with Crippen LogP contribution in [0.5, 0.6) is 0 Å². The SMILES string of the molecule is CCC(CC)NNC(=O)c1cc2ccccc2n1C. The number of rotatable bonds is 5. The maximum absolute atomic E-state index is 12.2. The van der Waals surface area contributed by atoms with Gasteiger partial charge in [0.2, 0.25) is 0 Å². The largest absolute Gasteiger partial charge is 0.340 e. The molecule has 1 heterocycles. The molecule has 0 atom stereocenters. The van der Waals surface area contributed by atoms with Crippen molar-refractivity contribution in [1.29, 1.82) is 0 Å². The molecule has 0 saturated heterocycles. The number of hydrazine groups is 1. The van der Waals surface area contributed by atoms with Crippen molar-refractivity contribution < 1.29 is 4.79 Å². The zero-order valence-corrected chi connectivity index (χ0v) is 11.7. The molecule has 2 aromatic rings. The summed E-state index contributed by atoms with van der Waals surface area (Å²) in [5.74, 6) is -0.0920. The zero-order chi connectivity index (χ0) is 13.8. The first kappa shape index (κ1) is 13.6. The monoisotopic (exact) mass is 259 g/mol. The molecule has 0 unspecified atom stereocenters. The van der Waals surface area contributed by atoms with Gasteiger partial charge in [-0.3, -0.25) is 10.2 Å². The first-order valence-corrected chi connectivity index (χ1v) is 6.77. The molecule has 0 fully saturated rings. The molecule has 19 heavy (non-hydrogen) atoms. The average Bonchev–Trinajstić information content (AvgIpc) is 2.78. The molecule has 1 aromatic carbocycles. The normalized spacial score (nSPS) is 11.2. The number of aryl methyl sites for hydroxylation is 1. The standard InChI is InChI=1S/C15H21N3O/c1-4-12(5-2)16-17-15(19)14-10-11-8-6-7-9-13(11)18(14)3/h6-10,12,16H,4-5H2,1-3H3,(H,17,19). The van der Waals surface area contributed by atoms with Gasteiger partial charge in [0.15, 0.2) is 0 Å². The average molecular weight is 259 g/mol. The lowest BCUT2D eigenvalue weighted by molar-refractivity contribution is 0.0916. The maximum atomic E-state index is 12.2. The molecule has 0 radical (unpaired) electrons. The molecule has 4 nitrogen and oxygen atoms in total. The summed E-state index contributed by atoms with van der Waals surface area (Å²) in [4.78, 5) is 12.2. The van der Waals surface area contributed by atoms with Crippen LogP contribution in [0.25, 0.3) is 10.9 Å². The topological polar surface area (TPSA) is 46.1 Å². The number of hydrogen-bond acceptors (Lipinski definition) is 2. The fourth-order valence-electron chi connectivity index (χ4n) is 2.23. The van der Waals surface area contributed by atoms with Crippen LogP contribution in [0.1, 0.15) is 37.2 Å². The number of aromatic nitrogens is 1. The van der Waals surface area contributed by atoms with Crippen molar-refractivity contribution in [2.75, 3.05) is 0 Å². The van der Waals surface area contributed by atoms with Gasteiger partial charge in [0.05, 0.1) is 0 Å². The Hall–Kier alpha value is -1.81. The summed E-state index contributed by atoms with van der Waals surface area (Å²) in [6.07, 6.45) is 1.98. The predicted molar refractivity (Wildman–Crippen MR) is 77.9 cm³/mol. The van der Waals surface area contributed by atoms with Crippen molar-refractivity contribution in [3.63, 3.8) is 0 Å². The number of nitrogens with one attached hydrogen (secondary N) is 2. The molecule has 2 rings (SSSR count). The van der Waals surface area contributed by atoms with Crippen molar-refractivity contribution in [1.82, 2.24) is 15.4 Å². The molecule has 2 N–H and O–H groups in total. The van der Waals surface area contributed by atoms with Gasteiger partial charge < -0.3 is 4.57 Å². The molecule has 0 aliphatic rings. The second-order valence-electron chi connectivity index (χ2n) is 4.76. The lowest BCUT2D eigenvalue weighted by Crippen LogP contribution is -2.44. The van der Waals surface area contributed by atoms with Crippen LogP contribution in [-0.2, 0) is 7.05 Å². The van der Waals surface area contributed by atoms with E-state index in [0.717, 1.165) is 23.7 Å². The van der Waals surface area contributed by atoms with Gasteiger partial charge in [0.1, 0.15) is 5.69 Å². The fraction of sp³-hybridized carbons (Fsp3) is 0.400. The summed E-state index contributed by atoms with van der Waals surface area (Å²) in [5, 5.41) is 1.08. The number of fused-ring (bicyclic) bond motifs is 1. The van der Waals surface area contributed by atoms with E-state index < -0.39 is 0 Å². The minimum Gasteiger partial charge on any atom is -0.340 e. The molecule has 0 saturated carbocycles. The van der Waals surface area contributed by atoms with Gasteiger partial charge in [-0.1, -0.05) is 32.0 Å². The van der Waals surface area contributed by atoms with Crippen LogP contribution < -0.4 is 10.9 Å². The van der Waals surface area contributed by atoms with E-state index >= 15 is 0 Å². The van der Waals surface area contributed by atoms with E-state index in [0.29, 0.717) is 11.7 Å². The van der Waals surface area contributed by atoms with Crippen molar-refractivity contribution in [2.24, 2.45) is 7.05 Å². The molecule has 0 aliphatic heterocycles. The highest BCUT2D eigenvalue weighted by molar-refractivity contribution is 5.98. The molecule has 0 aliphatic carbocycles. The van der Waals surface area contributed by atoms with E-state index in [1.54, 1.807) is 0 Å². The third-order valence-corrected chi connectivity index (χ3v) is 3.56. The lowest BCUT2D eigenvalue weighted by atomic mass is 10.2. The summed E-state index contributed by atoms with van der Waals surface area (Å²) >= 11 is 0. The van der Waals surface area contributed by atoms with Crippen molar-refractivity contribution in [2.45, 2.75) is 32.7 Å². The minimum absolute atomic E-state index is 0.0920. The molecule has 1 aromatic heterocycles. The number of para-hydroxylation sites is 1. The second kappa shape index (κ2) is 5.89. The Morgan fingerprint density at radius 1 is 1.26 bits per heavy atom.